The zero-order valence-corrected chi connectivity index (χ0v) is 14.3. The molecule has 0 aliphatic rings. The number of nitrogens with two attached hydrogens (primary N) is 1. The molecule has 0 bridgehead atoms. The van der Waals surface area contributed by atoms with Crippen LogP contribution in [0.3, 0.4) is 0 Å². The quantitative estimate of drug-likeness (QED) is 0.686. The van der Waals surface area contributed by atoms with Gasteiger partial charge in [-0.15, -0.1) is 0 Å². The second kappa shape index (κ2) is 8.09. The van der Waals surface area contributed by atoms with E-state index in [1.54, 1.807) is 18.2 Å². The van der Waals surface area contributed by atoms with Crippen molar-refractivity contribution in [1.29, 1.82) is 0 Å². The number of hydrogen-bond acceptors (Lipinski definition) is 4. The highest BCUT2D eigenvalue weighted by atomic mass is 79.9. The van der Waals surface area contributed by atoms with Crippen molar-refractivity contribution in [1.82, 2.24) is 9.62 Å². The van der Waals surface area contributed by atoms with Crippen molar-refractivity contribution < 1.29 is 8.42 Å². The molecule has 0 saturated carbocycles. The summed E-state index contributed by atoms with van der Waals surface area (Å²) in [5.74, 6) is 0. The van der Waals surface area contributed by atoms with Gasteiger partial charge in [-0.1, -0.05) is 6.07 Å². The Morgan fingerprint density at radius 3 is 2.55 bits per heavy atom. The maximum Gasteiger partial charge on any atom is 0.241 e. The van der Waals surface area contributed by atoms with E-state index in [0.717, 1.165) is 24.9 Å². The van der Waals surface area contributed by atoms with Gasteiger partial charge in [0.2, 0.25) is 10.0 Å². The van der Waals surface area contributed by atoms with Gasteiger partial charge in [-0.2, -0.15) is 0 Å². The van der Waals surface area contributed by atoms with E-state index in [2.05, 4.69) is 25.6 Å². The monoisotopic (exact) mass is 363 g/mol. The molecule has 1 aromatic carbocycles. The highest BCUT2D eigenvalue weighted by molar-refractivity contribution is 9.10. The molecule has 0 aliphatic carbocycles. The maximum atomic E-state index is 12.2. The third kappa shape index (κ3) is 5.49. The minimum atomic E-state index is -3.47. The van der Waals surface area contributed by atoms with E-state index in [1.165, 1.54) is 0 Å². The van der Waals surface area contributed by atoms with Gasteiger partial charge in [0.15, 0.2) is 0 Å². The number of sulfonamides is 1. The molecule has 0 unspecified atom stereocenters. The largest absolute Gasteiger partial charge is 0.326 e. The van der Waals surface area contributed by atoms with Crippen molar-refractivity contribution in [2.24, 2.45) is 5.73 Å². The fourth-order valence-electron chi connectivity index (χ4n) is 1.73. The van der Waals surface area contributed by atoms with Crippen LogP contribution in [0.1, 0.15) is 18.4 Å². The maximum absolute atomic E-state index is 12.2. The lowest BCUT2D eigenvalue weighted by Crippen LogP contribution is -2.26. The SMILES string of the molecule is CN(C)CCCCNS(=O)(=O)c1ccc(CN)cc1Br. The van der Waals surface area contributed by atoms with Gasteiger partial charge < -0.3 is 10.6 Å². The van der Waals surface area contributed by atoms with Gasteiger partial charge in [-0.25, -0.2) is 13.1 Å². The van der Waals surface area contributed by atoms with Gasteiger partial charge in [-0.3, -0.25) is 0 Å². The van der Waals surface area contributed by atoms with Crippen molar-refractivity contribution in [2.75, 3.05) is 27.2 Å². The number of rotatable bonds is 8. The Bertz CT molecular complexity index is 532. The van der Waals surface area contributed by atoms with Crippen LogP contribution in [0.15, 0.2) is 27.6 Å². The van der Waals surface area contributed by atoms with Crippen molar-refractivity contribution in [2.45, 2.75) is 24.3 Å². The first-order valence-electron chi connectivity index (χ1n) is 6.49. The third-order valence-corrected chi connectivity index (χ3v) is 5.28. The average Bonchev–Trinajstić information content (AvgIpc) is 2.37. The fraction of sp³-hybridized carbons (Fsp3) is 0.538. The van der Waals surface area contributed by atoms with E-state index >= 15 is 0 Å². The molecule has 114 valence electrons. The van der Waals surface area contributed by atoms with Crippen LogP contribution in [0.25, 0.3) is 0 Å². The first-order chi connectivity index (χ1) is 9.36. The van der Waals surface area contributed by atoms with Gasteiger partial charge in [0.25, 0.3) is 0 Å². The summed E-state index contributed by atoms with van der Waals surface area (Å²) in [6.07, 6.45) is 1.78. The normalized spacial score (nSPS) is 12.1. The topological polar surface area (TPSA) is 75.4 Å². The zero-order chi connectivity index (χ0) is 15.2. The number of hydrogen-bond donors (Lipinski definition) is 2. The summed E-state index contributed by atoms with van der Waals surface area (Å²) in [5, 5.41) is 0. The Hall–Kier alpha value is -0.470. The van der Waals surface area contributed by atoms with E-state index in [1.807, 2.05) is 14.1 Å². The molecule has 1 rings (SSSR count). The first-order valence-corrected chi connectivity index (χ1v) is 8.77. The van der Waals surface area contributed by atoms with Crippen LogP contribution in [0, 0.1) is 0 Å². The Balaban J connectivity index is 2.60. The predicted molar refractivity (Wildman–Crippen MR) is 85.0 cm³/mol. The van der Waals surface area contributed by atoms with Crippen LogP contribution in [-0.2, 0) is 16.6 Å². The smallest absolute Gasteiger partial charge is 0.241 e. The number of nitrogens with one attached hydrogen (secondary N) is 1. The lowest BCUT2D eigenvalue weighted by atomic mass is 10.2. The molecule has 0 spiro atoms. The summed E-state index contributed by atoms with van der Waals surface area (Å²) in [5.41, 5.74) is 6.42. The summed E-state index contributed by atoms with van der Waals surface area (Å²) in [7, 11) is 0.533. The Morgan fingerprint density at radius 2 is 2.00 bits per heavy atom. The van der Waals surface area contributed by atoms with Gasteiger partial charge in [0.05, 0.1) is 4.90 Å². The number of unbranched alkanes of at least 4 members (excludes halogenated alkanes) is 1. The molecule has 0 fully saturated rings. The van der Waals surface area contributed by atoms with Gasteiger partial charge in [0.1, 0.15) is 0 Å². The minimum Gasteiger partial charge on any atom is -0.326 e. The fourth-order valence-corrected chi connectivity index (χ4v) is 3.92. The number of halogens is 1. The summed E-state index contributed by atoms with van der Waals surface area (Å²) in [6, 6.07) is 5.04. The van der Waals surface area contributed by atoms with Crippen molar-refractivity contribution in [3.8, 4) is 0 Å². The molecule has 0 amide bonds. The van der Waals surface area contributed by atoms with E-state index in [0.29, 0.717) is 17.6 Å². The molecule has 3 N–H and O–H groups in total. The van der Waals surface area contributed by atoms with Gasteiger partial charge in [-0.05, 0) is 67.1 Å². The summed E-state index contributed by atoms with van der Waals surface area (Å²) in [4.78, 5) is 2.33. The van der Waals surface area contributed by atoms with Gasteiger partial charge in [0, 0.05) is 17.6 Å². The molecule has 20 heavy (non-hydrogen) atoms. The Labute approximate surface area is 129 Å². The van der Waals surface area contributed by atoms with E-state index < -0.39 is 10.0 Å². The molecule has 0 radical (unpaired) electrons. The highest BCUT2D eigenvalue weighted by Gasteiger charge is 2.16. The van der Waals surface area contributed by atoms with E-state index in [-0.39, 0.29) is 4.90 Å². The van der Waals surface area contributed by atoms with Crippen molar-refractivity contribution in [3.05, 3.63) is 28.2 Å². The molecular weight excluding hydrogens is 342 g/mol. The zero-order valence-electron chi connectivity index (χ0n) is 11.9. The molecule has 0 atom stereocenters. The number of nitrogens with zero attached hydrogens (tertiary/aromatic N) is 1. The second-order valence-corrected chi connectivity index (χ2v) is 7.47. The van der Waals surface area contributed by atoms with E-state index in [4.69, 9.17) is 5.73 Å². The van der Waals surface area contributed by atoms with Crippen LogP contribution in [0.4, 0.5) is 0 Å². The Kier molecular flexibility index (Phi) is 7.11. The van der Waals surface area contributed by atoms with Crippen molar-refractivity contribution in [3.63, 3.8) is 0 Å². The van der Waals surface area contributed by atoms with Crippen LogP contribution in [-0.4, -0.2) is 40.5 Å². The van der Waals surface area contributed by atoms with Gasteiger partial charge >= 0.3 is 0 Å². The molecule has 0 aromatic heterocycles. The summed E-state index contributed by atoms with van der Waals surface area (Å²) < 4.78 is 27.5. The highest BCUT2D eigenvalue weighted by Crippen LogP contribution is 2.23. The summed E-state index contributed by atoms with van der Waals surface area (Å²) in [6.45, 7) is 1.79. The average molecular weight is 364 g/mol. The molecule has 5 nitrogen and oxygen atoms in total. The standard InChI is InChI=1S/C13H22BrN3O2S/c1-17(2)8-4-3-7-16-20(18,19)13-6-5-11(10-15)9-12(13)14/h5-6,9,16H,3-4,7-8,10,15H2,1-2H3. The molecule has 1 aromatic rings. The van der Waals surface area contributed by atoms with E-state index in [9.17, 15) is 8.42 Å². The lowest BCUT2D eigenvalue weighted by Gasteiger charge is -2.11. The molecule has 0 heterocycles. The van der Waals surface area contributed by atoms with Crippen LogP contribution in [0.5, 0.6) is 0 Å². The van der Waals surface area contributed by atoms with Crippen LogP contribution < -0.4 is 10.5 Å². The molecule has 0 saturated heterocycles. The third-order valence-electron chi connectivity index (χ3n) is 2.85. The number of benzene rings is 1. The minimum absolute atomic E-state index is 0.252. The lowest BCUT2D eigenvalue weighted by molar-refractivity contribution is 0.394. The molecular formula is C13H22BrN3O2S. The molecule has 7 heteroatoms. The van der Waals surface area contributed by atoms with Crippen LogP contribution in [0.2, 0.25) is 0 Å². The van der Waals surface area contributed by atoms with Crippen LogP contribution >= 0.6 is 15.9 Å². The first kappa shape index (κ1) is 17.6. The predicted octanol–water partition coefficient (Wildman–Crippen LogP) is 1.53. The second-order valence-electron chi connectivity index (χ2n) is 4.88. The Morgan fingerprint density at radius 1 is 1.30 bits per heavy atom. The molecule has 0 aliphatic heterocycles. The summed E-state index contributed by atoms with van der Waals surface area (Å²) >= 11 is 3.28. The van der Waals surface area contributed by atoms with Crippen molar-refractivity contribution >= 4 is 26.0 Å².